The lowest BCUT2D eigenvalue weighted by Crippen LogP contribution is -2.46. The molecule has 0 atom stereocenters. The second-order valence-corrected chi connectivity index (χ2v) is 2.06. The van der Waals surface area contributed by atoms with Gasteiger partial charge < -0.3 is 0 Å². The highest BCUT2D eigenvalue weighted by atomic mass is 16.2. The first-order valence-corrected chi connectivity index (χ1v) is 2.99. The Morgan fingerprint density at radius 3 is 2.82 bits per heavy atom. The molecular formula is C5H4N4O2. The van der Waals surface area contributed by atoms with Crippen molar-refractivity contribution in [3.05, 3.63) is 31.7 Å². The Balaban J connectivity index is 3.17. The third-order valence-electron chi connectivity index (χ3n) is 1.36. The summed E-state index contributed by atoms with van der Waals surface area (Å²) in [6.45, 7) is 0.221. The SMILES string of the molecule is O=c1[nH]c(=O)c2c([nH]1)=NCN=2. The monoisotopic (exact) mass is 152 g/mol. The highest BCUT2D eigenvalue weighted by Gasteiger charge is 2.00. The van der Waals surface area contributed by atoms with Crippen LogP contribution in [0.2, 0.25) is 0 Å². The topological polar surface area (TPSA) is 90.4 Å². The van der Waals surface area contributed by atoms with E-state index in [2.05, 4.69) is 20.0 Å². The zero-order valence-electron chi connectivity index (χ0n) is 5.42. The zero-order valence-corrected chi connectivity index (χ0v) is 5.42. The lowest BCUT2D eigenvalue weighted by Gasteiger charge is -1.79. The highest BCUT2D eigenvalue weighted by Crippen LogP contribution is 1.67. The van der Waals surface area contributed by atoms with Gasteiger partial charge >= 0.3 is 5.69 Å². The van der Waals surface area contributed by atoms with E-state index in [1.807, 2.05) is 0 Å². The molecule has 0 bridgehead atoms. The summed E-state index contributed by atoms with van der Waals surface area (Å²) in [6.07, 6.45) is 0. The van der Waals surface area contributed by atoms with E-state index in [1.54, 1.807) is 0 Å². The van der Waals surface area contributed by atoms with E-state index in [9.17, 15) is 9.59 Å². The summed E-state index contributed by atoms with van der Waals surface area (Å²) in [5.41, 5.74) is -0.752. The van der Waals surface area contributed by atoms with Crippen LogP contribution in [0.25, 0.3) is 0 Å². The molecule has 2 rings (SSSR count). The van der Waals surface area contributed by atoms with Gasteiger partial charge in [0.25, 0.3) is 5.56 Å². The van der Waals surface area contributed by atoms with E-state index in [0.29, 0.717) is 0 Å². The number of hydrogen-bond acceptors (Lipinski definition) is 4. The predicted octanol–water partition coefficient (Wildman–Crippen LogP) is -2.73. The van der Waals surface area contributed by atoms with Crippen LogP contribution in [0.3, 0.4) is 0 Å². The van der Waals surface area contributed by atoms with E-state index >= 15 is 0 Å². The first-order valence-electron chi connectivity index (χ1n) is 2.99. The molecule has 1 aliphatic rings. The lowest BCUT2D eigenvalue weighted by molar-refractivity contribution is 0.951. The number of hydrogen-bond donors (Lipinski definition) is 2. The fourth-order valence-corrected chi connectivity index (χ4v) is 0.906. The maximum Gasteiger partial charge on any atom is 0.327 e. The maximum absolute atomic E-state index is 10.9. The molecule has 6 nitrogen and oxygen atoms in total. The number of aromatic amines is 2. The molecule has 0 fully saturated rings. The van der Waals surface area contributed by atoms with Crippen molar-refractivity contribution in [1.29, 1.82) is 0 Å². The van der Waals surface area contributed by atoms with Crippen molar-refractivity contribution in [2.24, 2.45) is 9.98 Å². The molecule has 2 heterocycles. The molecule has 11 heavy (non-hydrogen) atoms. The van der Waals surface area contributed by atoms with Gasteiger partial charge in [-0.1, -0.05) is 0 Å². The third-order valence-corrected chi connectivity index (χ3v) is 1.36. The Labute approximate surface area is 59.3 Å². The Morgan fingerprint density at radius 1 is 1.18 bits per heavy atom. The van der Waals surface area contributed by atoms with Crippen molar-refractivity contribution in [3.8, 4) is 0 Å². The third kappa shape index (κ3) is 0.794. The van der Waals surface area contributed by atoms with Crippen LogP contribution in [0, 0.1) is 0 Å². The Bertz CT molecular complexity index is 509. The number of nitrogens with zero attached hydrogens (tertiary/aromatic N) is 2. The fraction of sp³-hybridized carbons (Fsp3) is 0.200. The summed E-state index contributed by atoms with van der Waals surface area (Å²) < 4.78 is 0. The van der Waals surface area contributed by atoms with Crippen LogP contribution < -0.4 is 22.1 Å². The Kier molecular flexibility index (Phi) is 1.03. The molecule has 0 aliphatic carbocycles. The van der Waals surface area contributed by atoms with Crippen molar-refractivity contribution >= 4 is 0 Å². The lowest BCUT2D eigenvalue weighted by atomic mass is 10.6. The van der Waals surface area contributed by atoms with E-state index in [4.69, 9.17) is 0 Å². The first kappa shape index (κ1) is 6.02. The second kappa shape index (κ2) is 1.88. The van der Waals surface area contributed by atoms with E-state index in [1.165, 1.54) is 0 Å². The maximum atomic E-state index is 10.9. The van der Waals surface area contributed by atoms with E-state index < -0.39 is 11.2 Å². The molecule has 56 valence electrons. The number of rotatable bonds is 0. The Hall–Kier alpha value is -1.72. The van der Waals surface area contributed by atoms with Crippen molar-refractivity contribution in [1.82, 2.24) is 9.97 Å². The van der Waals surface area contributed by atoms with Crippen molar-refractivity contribution < 1.29 is 0 Å². The van der Waals surface area contributed by atoms with Gasteiger partial charge in [0.2, 0.25) is 0 Å². The fourth-order valence-electron chi connectivity index (χ4n) is 0.906. The van der Waals surface area contributed by atoms with Gasteiger partial charge in [0.05, 0.1) is 0 Å². The van der Waals surface area contributed by atoms with Crippen LogP contribution in [0.5, 0.6) is 0 Å². The summed E-state index contributed by atoms with van der Waals surface area (Å²) in [4.78, 5) is 33.5. The molecule has 1 aromatic heterocycles. The molecule has 0 saturated heterocycles. The van der Waals surface area contributed by atoms with Crippen molar-refractivity contribution in [3.63, 3.8) is 0 Å². The minimum Gasteiger partial charge on any atom is -0.290 e. The zero-order chi connectivity index (χ0) is 7.84. The van der Waals surface area contributed by atoms with E-state index in [0.717, 1.165) is 0 Å². The van der Waals surface area contributed by atoms with Crippen molar-refractivity contribution in [2.45, 2.75) is 0 Å². The van der Waals surface area contributed by atoms with E-state index in [-0.39, 0.29) is 17.5 Å². The number of H-pyrrole nitrogens is 2. The van der Waals surface area contributed by atoms with Gasteiger partial charge in [0, 0.05) is 0 Å². The summed E-state index contributed by atoms with van der Waals surface area (Å²) in [5, 5.41) is 0.213. The minimum atomic E-state index is -0.547. The quantitative estimate of drug-likeness (QED) is 0.422. The average Bonchev–Trinajstić information content (AvgIpc) is 2.34. The number of nitrogens with one attached hydrogen (secondary N) is 2. The second-order valence-electron chi connectivity index (χ2n) is 2.06. The van der Waals surface area contributed by atoms with Crippen LogP contribution >= 0.6 is 0 Å². The van der Waals surface area contributed by atoms with Gasteiger partial charge in [0.1, 0.15) is 6.67 Å². The summed E-state index contributed by atoms with van der Waals surface area (Å²) in [5.74, 6) is 0. The minimum absolute atomic E-state index is 0.213. The van der Waals surface area contributed by atoms with Crippen LogP contribution in [0.1, 0.15) is 0 Å². The van der Waals surface area contributed by atoms with Gasteiger partial charge in [-0.15, -0.1) is 0 Å². The van der Waals surface area contributed by atoms with Gasteiger partial charge in [-0.3, -0.25) is 19.8 Å². The standard InChI is InChI=1S/C5H4N4O2/c10-4-2-3(7-1-6-2)8-5(11)9-4/h1H2,(H2,7,8,9,10,11). The number of fused-ring (bicyclic) bond motifs is 1. The van der Waals surface area contributed by atoms with Gasteiger partial charge in [-0.2, -0.15) is 0 Å². The molecule has 0 spiro atoms. The smallest absolute Gasteiger partial charge is 0.290 e. The van der Waals surface area contributed by atoms with Crippen LogP contribution in [0.4, 0.5) is 0 Å². The molecule has 0 radical (unpaired) electrons. The summed E-state index contributed by atoms with van der Waals surface area (Å²) in [7, 11) is 0. The average molecular weight is 152 g/mol. The van der Waals surface area contributed by atoms with Gasteiger partial charge in [0.15, 0.2) is 10.8 Å². The molecule has 6 heteroatoms. The molecule has 0 amide bonds. The normalized spacial score (nSPS) is 13.5. The summed E-state index contributed by atoms with van der Waals surface area (Å²) in [6, 6.07) is 0. The van der Waals surface area contributed by atoms with Crippen LogP contribution in [-0.4, -0.2) is 16.6 Å². The molecule has 1 aliphatic heterocycles. The molecule has 1 aromatic rings. The number of aromatic nitrogens is 2. The predicted molar refractivity (Wildman–Crippen MR) is 34.9 cm³/mol. The van der Waals surface area contributed by atoms with Crippen molar-refractivity contribution in [2.75, 3.05) is 6.67 Å². The first-order chi connectivity index (χ1) is 5.27. The molecular weight excluding hydrogens is 148 g/mol. The molecule has 2 N–H and O–H groups in total. The highest BCUT2D eigenvalue weighted by molar-refractivity contribution is 4.84. The van der Waals surface area contributed by atoms with Crippen LogP contribution in [0.15, 0.2) is 19.6 Å². The Morgan fingerprint density at radius 2 is 2.00 bits per heavy atom. The summed E-state index contributed by atoms with van der Waals surface area (Å²) >= 11 is 0. The molecule has 0 saturated carbocycles. The van der Waals surface area contributed by atoms with Gasteiger partial charge in [-0.25, -0.2) is 9.79 Å². The largest absolute Gasteiger partial charge is 0.327 e. The molecule has 0 unspecified atom stereocenters. The molecule has 0 aromatic carbocycles. The van der Waals surface area contributed by atoms with Gasteiger partial charge in [-0.05, 0) is 0 Å². The van der Waals surface area contributed by atoms with Crippen LogP contribution in [-0.2, 0) is 0 Å².